The van der Waals surface area contributed by atoms with Crippen molar-refractivity contribution in [2.75, 3.05) is 31.5 Å². The highest BCUT2D eigenvalue weighted by molar-refractivity contribution is 7.16. The summed E-state index contributed by atoms with van der Waals surface area (Å²) in [5, 5.41) is 5.45. The minimum atomic E-state index is -0.112. The number of hydrogen-bond acceptors (Lipinski definition) is 6. The summed E-state index contributed by atoms with van der Waals surface area (Å²) in [5.41, 5.74) is 2.44. The Morgan fingerprint density at radius 1 is 1.06 bits per heavy atom. The second-order valence-electron chi connectivity index (χ2n) is 8.79. The van der Waals surface area contributed by atoms with Gasteiger partial charge in [0.2, 0.25) is 5.91 Å². The number of fused-ring (bicyclic) bond motifs is 1. The summed E-state index contributed by atoms with van der Waals surface area (Å²) in [6.45, 7) is 3.71. The normalized spacial score (nSPS) is 17.0. The number of rotatable bonds is 6. The molecule has 8 heteroatoms. The van der Waals surface area contributed by atoms with Gasteiger partial charge in [-0.3, -0.25) is 19.8 Å². The number of carbonyl (C=O) groups excluding carboxylic acids is 2. The first-order chi connectivity index (χ1) is 16.1. The number of aromatic nitrogens is 1. The lowest BCUT2D eigenvalue weighted by Gasteiger charge is -2.34. The Kier molecular flexibility index (Phi) is 6.85. The quantitative estimate of drug-likeness (QED) is 0.571. The number of anilines is 1. The predicted molar refractivity (Wildman–Crippen MR) is 133 cm³/mol. The van der Waals surface area contributed by atoms with E-state index in [0.29, 0.717) is 22.5 Å². The molecule has 0 atom stereocenters. The molecule has 2 amide bonds. The van der Waals surface area contributed by atoms with Crippen molar-refractivity contribution in [1.82, 2.24) is 14.8 Å². The largest absolute Gasteiger partial charge is 0.342 e. The zero-order chi connectivity index (χ0) is 22.6. The maximum atomic E-state index is 12.9. The minimum Gasteiger partial charge on any atom is -0.342 e. The van der Waals surface area contributed by atoms with Gasteiger partial charge in [0.1, 0.15) is 0 Å². The molecule has 1 saturated heterocycles. The van der Waals surface area contributed by atoms with Crippen LogP contribution in [0.15, 0.2) is 47.8 Å². The fraction of sp³-hybridized carbons (Fsp3) is 0.400. The van der Waals surface area contributed by atoms with Crippen LogP contribution in [-0.4, -0.2) is 52.8 Å². The lowest BCUT2D eigenvalue weighted by molar-refractivity contribution is -0.134. The highest BCUT2D eigenvalue weighted by Gasteiger charge is 2.27. The van der Waals surface area contributed by atoms with E-state index in [9.17, 15) is 9.59 Å². The lowest BCUT2D eigenvalue weighted by atomic mass is 9.90. The molecule has 1 aromatic carbocycles. The Morgan fingerprint density at radius 2 is 1.88 bits per heavy atom. The van der Waals surface area contributed by atoms with Crippen LogP contribution in [0.5, 0.6) is 0 Å². The topological polar surface area (TPSA) is 65.5 Å². The van der Waals surface area contributed by atoms with Crippen LogP contribution in [0.1, 0.15) is 38.6 Å². The molecular weight excluding hydrogens is 452 g/mol. The van der Waals surface area contributed by atoms with Crippen molar-refractivity contribution in [2.45, 2.75) is 32.2 Å². The molecule has 3 aromatic rings. The molecule has 2 aliphatic heterocycles. The second kappa shape index (κ2) is 10.2. The van der Waals surface area contributed by atoms with Crippen LogP contribution in [0.25, 0.3) is 0 Å². The van der Waals surface area contributed by atoms with Gasteiger partial charge in [-0.1, -0.05) is 36.4 Å². The molecule has 2 aliphatic rings. The molecule has 0 radical (unpaired) electrons. The summed E-state index contributed by atoms with van der Waals surface area (Å²) in [6, 6.07) is 14.3. The van der Waals surface area contributed by atoms with Crippen molar-refractivity contribution in [2.24, 2.45) is 5.92 Å². The molecule has 4 heterocycles. The second-order valence-corrected chi connectivity index (χ2v) is 10.8. The highest BCUT2D eigenvalue weighted by Crippen LogP contribution is 2.29. The van der Waals surface area contributed by atoms with E-state index in [4.69, 9.17) is 0 Å². The molecule has 33 heavy (non-hydrogen) atoms. The van der Waals surface area contributed by atoms with Gasteiger partial charge in [0.05, 0.1) is 17.1 Å². The minimum absolute atomic E-state index is 0.112. The third-order valence-electron chi connectivity index (χ3n) is 6.47. The summed E-state index contributed by atoms with van der Waals surface area (Å²) in [6.07, 6.45) is 4.07. The molecule has 0 saturated carbocycles. The van der Waals surface area contributed by atoms with E-state index in [1.54, 1.807) is 0 Å². The van der Waals surface area contributed by atoms with E-state index in [2.05, 4.69) is 45.5 Å². The number of amides is 2. The van der Waals surface area contributed by atoms with Crippen molar-refractivity contribution in [3.8, 4) is 0 Å². The molecule has 0 spiro atoms. The van der Waals surface area contributed by atoms with Crippen molar-refractivity contribution >= 4 is 39.6 Å². The maximum Gasteiger partial charge on any atom is 0.267 e. The molecule has 0 aliphatic carbocycles. The number of likely N-dealkylation sites (tertiary alicyclic amines) is 1. The van der Waals surface area contributed by atoms with Crippen LogP contribution in [0.3, 0.4) is 0 Å². The van der Waals surface area contributed by atoms with Gasteiger partial charge in [0.25, 0.3) is 5.91 Å². The number of hydrogen-bond donors (Lipinski definition) is 1. The average molecular weight is 481 g/mol. The van der Waals surface area contributed by atoms with Gasteiger partial charge < -0.3 is 4.90 Å². The van der Waals surface area contributed by atoms with E-state index in [0.717, 1.165) is 62.4 Å². The zero-order valence-corrected chi connectivity index (χ0v) is 20.2. The number of piperidine rings is 1. The Balaban J connectivity index is 1.10. The van der Waals surface area contributed by atoms with Gasteiger partial charge in [0.15, 0.2) is 5.13 Å². The van der Waals surface area contributed by atoms with Gasteiger partial charge in [-0.15, -0.1) is 22.7 Å². The summed E-state index contributed by atoms with van der Waals surface area (Å²) < 4.78 is 0. The van der Waals surface area contributed by atoms with Crippen LogP contribution in [-0.2, 0) is 24.2 Å². The van der Waals surface area contributed by atoms with E-state index in [1.165, 1.54) is 28.2 Å². The van der Waals surface area contributed by atoms with E-state index >= 15 is 0 Å². The molecular formula is C25H28N4O2S2. The molecule has 5 rings (SSSR count). The van der Waals surface area contributed by atoms with Gasteiger partial charge in [-0.25, -0.2) is 4.98 Å². The standard InChI is InChI=1S/C25H28N4O2S2/c30-23(29-12-8-19(9-13-29)15-18-5-2-1-3-6-18)17-28-11-10-20-22(16-28)33-25(26-20)27-24(31)21-7-4-14-32-21/h1-7,14,19H,8-13,15-17H2,(H,26,27,31). The van der Waals surface area contributed by atoms with Crippen molar-refractivity contribution in [3.63, 3.8) is 0 Å². The Bertz CT molecular complexity index is 1090. The number of thiophene rings is 1. The first-order valence-corrected chi connectivity index (χ1v) is 13.2. The summed E-state index contributed by atoms with van der Waals surface area (Å²) in [5.74, 6) is 0.778. The van der Waals surface area contributed by atoms with Gasteiger partial charge in [-0.2, -0.15) is 0 Å². The Hall–Kier alpha value is -2.55. The predicted octanol–water partition coefficient (Wildman–Crippen LogP) is 4.30. The highest BCUT2D eigenvalue weighted by atomic mass is 32.1. The van der Waals surface area contributed by atoms with Crippen LogP contribution in [0.2, 0.25) is 0 Å². The van der Waals surface area contributed by atoms with Crippen LogP contribution >= 0.6 is 22.7 Å². The van der Waals surface area contributed by atoms with Crippen LogP contribution in [0.4, 0.5) is 5.13 Å². The maximum absolute atomic E-state index is 12.9. The third-order valence-corrected chi connectivity index (χ3v) is 8.34. The van der Waals surface area contributed by atoms with Crippen molar-refractivity contribution in [1.29, 1.82) is 0 Å². The smallest absolute Gasteiger partial charge is 0.267 e. The molecule has 0 unspecified atom stereocenters. The van der Waals surface area contributed by atoms with E-state index < -0.39 is 0 Å². The number of nitrogens with zero attached hydrogens (tertiary/aromatic N) is 3. The number of nitrogens with one attached hydrogen (secondary N) is 1. The van der Waals surface area contributed by atoms with Crippen molar-refractivity contribution < 1.29 is 9.59 Å². The monoisotopic (exact) mass is 480 g/mol. The molecule has 0 bridgehead atoms. The molecule has 6 nitrogen and oxygen atoms in total. The van der Waals surface area contributed by atoms with Crippen molar-refractivity contribution in [3.05, 3.63) is 68.9 Å². The first-order valence-electron chi connectivity index (χ1n) is 11.5. The average Bonchev–Trinajstić information content (AvgIpc) is 3.50. The number of benzene rings is 1. The first kappa shape index (κ1) is 22.3. The summed E-state index contributed by atoms with van der Waals surface area (Å²) in [4.78, 5) is 35.9. The fourth-order valence-corrected chi connectivity index (χ4v) is 6.29. The van der Waals surface area contributed by atoms with Gasteiger partial charge in [0, 0.05) is 37.5 Å². The zero-order valence-electron chi connectivity index (χ0n) is 18.5. The molecule has 2 aromatic heterocycles. The van der Waals surface area contributed by atoms with Crippen LogP contribution < -0.4 is 5.32 Å². The van der Waals surface area contributed by atoms with E-state index in [1.807, 2.05) is 22.4 Å². The lowest BCUT2D eigenvalue weighted by Crippen LogP contribution is -2.45. The third kappa shape index (κ3) is 5.51. The molecule has 1 N–H and O–H groups in total. The number of thiazole rings is 1. The van der Waals surface area contributed by atoms with Crippen LogP contribution in [0, 0.1) is 5.92 Å². The number of carbonyl (C=O) groups is 2. The molecule has 172 valence electrons. The fourth-order valence-electron chi connectivity index (χ4n) is 4.63. The molecule has 1 fully saturated rings. The Labute approximate surface area is 202 Å². The SMILES string of the molecule is O=C(Nc1nc2c(s1)CN(CC(=O)N1CCC(Cc3ccccc3)CC1)CC2)c1cccs1. The van der Waals surface area contributed by atoms with Gasteiger partial charge >= 0.3 is 0 Å². The van der Waals surface area contributed by atoms with Gasteiger partial charge in [-0.05, 0) is 42.2 Å². The van der Waals surface area contributed by atoms with E-state index in [-0.39, 0.29) is 11.8 Å². The summed E-state index contributed by atoms with van der Waals surface area (Å²) in [7, 11) is 0. The summed E-state index contributed by atoms with van der Waals surface area (Å²) >= 11 is 2.94. The Morgan fingerprint density at radius 3 is 2.64 bits per heavy atom.